The Labute approximate surface area is 221 Å². The molecule has 38 heavy (non-hydrogen) atoms. The molecule has 8 heteroatoms. The van der Waals surface area contributed by atoms with Crippen LogP contribution in [0.25, 0.3) is 23.1 Å². The molecule has 2 aromatic heterocycles. The summed E-state index contributed by atoms with van der Waals surface area (Å²) in [5.74, 6) is 2.01. The molecule has 4 aromatic rings. The van der Waals surface area contributed by atoms with Gasteiger partial charge in [-0.05, 0) is 72.6 Å². The zero-order valence-electron chi connectivity index (χ0n) is 21.6. The highest BCUT2D eigenvalue weighted by Gasteiger charge is 2.65. The number of carbonyl (C=O) groups excluding carboxylic acids is 1. The Morgan fingerprint density at radius 3 is 2.71 bits per heavy atom. The Bertz CT molecular complexity index is 1570. The minimum absolute atomic E-state index is 0.0753. The number of aromatic amines is 1. The maximum absolute atomic E-state index is 13.0. The summed E-state index contributed by atoms with van der Waals surface area (Å²) in [6.45, 7) is 4.14. The first-order chi connectivity index (χ1) is 18.5. The zero-order chi connectivity index (χ0) is 25.9. The number of hydrogen-bond acceptors (Lipinski definition) is 6. The van der Waals surface area contributed by atoms with E-state index < -0.39 is 5.41 Å². The molecule has 2 N–H and O–H groups in total. The predicted octanol–water partition coefficient (Wildman–Crippen LogP) is 4.27. The van der Waals surface area contributed by atoms with Crippen molar-refractivity contribution in [2.75, 3.05) is 50.6 Å². The molecule has 1 spiro atoms. The van der Waals surface area contributed by atoms with Gasteiger partial charge < -0.3 is 19.9 Å². The number of aromatic nitrogens is 3. The molecule has 7 rings (SSSR count). The van der Waals surface area contributed by atoms with Crippen molar-refractivity contribution < 1.29 is 9.53 Å². The zero-order valence-corrected chi connectivity index (χ0v) is 21.6. The topological polar surface area (TPSA) is 86.4 Å². The largest absolute Gasteiger partial charge is 0.497 e. The first-order valence-electron chi connectivity index (χ1n) is 13.1. The van der Waals surface area contributed by atoms with Gasteiger partial charge in [0.1, 0.15) is 11.6 Å². The molecule has 2 fully saturated rings. The minimum Gasteiger partial charge on any atom is -0.497 e. The molecule has 4 heterocycles. The van der Waals surface area contributed by atoms with Gasteiger partial charge in [-0.3, -0.25) is 9.89 Å². The van der Waals surface area contributed by atoms with E-state index in [-0.39, 0.29) is 11.8 Å². The summed E-state index contributed by atoms with van der Waals surface area (Å²) >= 11 is 0. The third-order valence-corrected chi connectivity index (χ3v) is 8.37. The van der Waals surface area contributed by atoms with Crippen LogP contribution < -0.4 is 15.0 Å². The van der Waals surface area contributed by atoms with Gasteiger partial charge in [-0.1, -0.05) is 18.2 Å². The van der Waals surface area contributed by atoms with Crippen molar-refractivity contribution >= 4 is 40.5 Å². The quantitative estimate of drug-likeness (QED) is 0.421. The van der Waals surface area contributed by atoms with Crippen LogP contribution in [0.15, 0.2) is 54.7 Å². The molecule has 2 unspecified atom stereocenters. The van der Waals surface area contributed by atoms with Gasteiger partial charge in [0.05, 0.1) is 23.7 Å². The van der Waals surface area contributed by atoms with Crippen LogP contribution in [-0.2, 0) is 10.2 Å². The molecule has 3 aliphatic rings. The van der Waals surface area contributed by atoms with Crippen molar-refractivity contribution in [3.8, 4) is 5.75 Å². The number of nitrogens with zero attached hydrogens (tertiary/aromatic N) is 4. The monoisotopic (exact) mass is 506 g/mol. The highest BCUT2D eigenvalue weighted by molar-refractivity contribution is 6.10. The lowest BCUT2D eigenvalue weighted by molar-refractivity contribution is -0.118. The lowest BCUT2D eigenvalue weighted by Gasteiger charge is -2.33. The van der Waals surface area contributed by atoms with Crippen LogP contribution in [0.2, 0.25) is 0 Å². The van der Waals surface area contributed by atoms with Crippen LogP contribution in [0.4, 0.5) is 11.5 Å². The Morgan fingerprint density at radius 1 is 1.05 bits per heavy atom. The van der Waals surface area contributed by atoms with Crippen LogP contribution in [0.5, 0.6) is 5.75 Å². The Hall–Kier alpha value is -4.17. The first kappa shape index (κ1) is 23.0. The van der Waals surface area contributed by atoms with Crippen LogP contribution in [0.1, 0.15) is 34.7 Å². The standard InChI is InChI=1S/C30H30N6O2/c1-35-11-13-36(14-12-35)28-10-4-19(18-31-28)3-8-25-22-7-5-20(15-27(22)34-33-25)24-17-30(24)23-16-21(38-2)6-9-26(23)32-29(30)37/h3-10,15-16,18,24H,11-14,17H2,1-2H3,(H,32,37)(H,33,34)/b8-3+. The van der Waals surface area contributed by atoms with Crippen LogP contribution in [0, 0.1) is 0 Å². The second kappa shape index (κ2) is 8.70. The minimum atomic E-state index is -0.510. The smallest absolute Gasteiger partial charge is 0.235 e. The Kier molecular flexibility index (Phi) is 5.26. The lowest BCUT2D eigenvalue weighted by Crippen LogP contribution is -2.44. The van der Waals surface area contributed by atoms with E-state index in [1.54, 1.807) is 7.11 Å². The SMILES string of the molecule is COc1ccc2c(c1)C1(CC1c1ccc3c(/C=C/c4ccc(N5CCN(C)CC5)nc4)n[nH]c3c1)C(=O)N2. The summed E-state index contributed by atoms with van der Waals surface area (Å²) in [5.41, 5.74) is 5.45. The molecule has 1 saturated carbocycles. The number of rotatable bonds is 5. The molecule has 8 nitrogen and oxygen atoms in total. The highest BCUT2D eigenvalue weighted by Crippen LogP contribution is 2.65. The van der Waals surface area contributed by atoms with Crippen LogP contribution >= 0.6 is 0 Å². The number of fused-ring (bicyclic) bond motifs is 3. The van der Waals surface area contributed by atoms with Gasteiger partial charge in [0, 0.05) is 49.4 Å². The molecule has 192 valence electrons. The summed E-state index contributed by atoms with van der Waals surface area (Å²) in [6, 6.07) is 16.4. The summed E-state index contributed by atoms with van der Waals surface area (Å²) < 4.78 is 5.42. The molecule has 1 aliphatic carbocycles. The van der Waals surface area contributed by atoms with Gasteiger partial charge in [0.25, 0.3) is 0 Å². The van der Waals surface area contributed by atoms with E-state index >= 15 is 0 Å². The number of H-pyrrole nitrogens is 1. The van der Waals surface area contributed by atoms with Gasteiger partial charge in [0.2, 0.25) is 5.91 Å². The van der Waals surface area contributed by atoms with E-state index in [9.17, 15) is 4.79 Å². The first-order valence-corrected chi connectivity index (χ1v) is 13.1. The third-order valence-electron chi connectivity index (χ3n) is 8.37. The van der Waals surface area contributed by atoms with Crippen molar-refractivity contribution in [2.24, 2.45) is 0 Å². The Balaban J connectivity index is 1.09. The third kappa shape index (κ3) is 3.67. The number of ether oxygens (including phenoxy) is 1. The van der Waals surface area contributed by atoms with Gasteiger partial charge in [-0.2, -0.15) is 5.10 Å². The summed E-state index contributed by atoms with van der Waals surface area (Å²) in [6.07, 6.45) is 6.79. The fourth-order valence-electron chi connectivity index (χ4n) is 5.99. The van der Waals surface area contributed by atoms with Crippen molar-refractivity contribution in [2.45, 2.75) is 17.8 Å². The molecular formula is C30H30N6O2. The summed E-state index contributed by atoms with van der Waals surface area (Å²) in [7, 11) is 3.81. The van der Waals surface area contributed by atoms with E-state index in [1.165, 1.54) is 0 Å². The molecule has 2 aromatic carbocycles. The number of pyridine rings is 1. The average molecular weight is 507 g/mol. The molecule has 1 amide bonds. The maximum Gasteiger partial charge on any atom is 0.235 e. The molecule has 2 atom stereocenters. The number of likely N-dealkylation sites (N-methyl/N-ethyl adjacent to an activating group) is 1. The number of methoxy groups -OCH3 is 1. The normalized spacial score (nSPS) is 22.8. The van der Waals surface area contributed by atoms with Crippen molar-refractivity contribution in [3.05, 3.63) is 77.1 Å². The fraction of sp³-hybridized carbons (Fsp3) is 0.300. The molecule has 0 bridgehead atoms. The number of nitrogens with one attached hydrogen (secondary N) is 2. The van der Waals surface area contributed by atoms with Crippen molar-refractivity contribution in [1.82, 2.24) is 20.1 Å². The van der Waals surface area contributed by atoms with Crippen molar-refractivity contribution in [1.29, 1.82) is 0 Å². The van der Waals surface area contributed by atoms with Crippen molar-refractivity contribution in [3.63, 3.8) is 0 Å². The summed E-state index contributed by atoms with van der Waals surface area (Å²) in [5, 5.41) is 11.9. The molecule has 2 aliphatic heterocycles. The number of hydrogen-bond donors (Lipinski definition) is 2. The van der Waals surface area contributed by atoms with Gasteiger partial charge in [-0.15, -0.1) is 0 Å². The predicted molar refractivity (Wildman–Crippen MR) is 150 cm³/mol. The number of piperazine rings is 1. The second-order valence-corrected chi connectivity index (χ2v) is 10.6. The average Bonchev–Trinajstić information content (AvgIpc) is 3.49. The molecular weight excluding hydrogens is 476 g/mol. The highest BCUT2D eigenvalue weighted by atomic mass is 16.5. The van der Waals surface area contributed by atoms with Gasteiger partial charge >= 0.3 is 0 Å². The van der Waals surface area contributed by atoms with E-state index in [0.717, 1.165) is 83.1 Å². The lowest BCUT2D eigenvalue weighted by atomic mass is 9.91. The van der Waals surface area contributed by atoms with E-state index in [2.05, 4.69) is 67.7 Å². The summed E-state index contributed by atoms with van der Waals surface area (Å²) in [4.78, 5) is 22.4. The Morgan fingerprint density at radius 2 is 1.92 bits per heavy atom. The van der Waals surface area contributed by atoms with E-state index in [4.69, 9.17) is 4.74 Å². The number of anilines is 2. The van der Waals surface area contributed by atoms with Gasteiger partial charge in [0.15, 0.2) is 0 Å². The van der Waals surface area contributed by atoms with Crippen LogP contribution in [-0.4, -0.2) is 66.3 Å². The van der Waals surface area contributed by atoms with E-state index in [1.807, 2.05) is 36.5 Å². The second-order valence-electron chi connectivity index (χ2n) is 10.6. The fourth-order valence-corrected chi connectivity index (χ4v) is 5.99. The molecule has 0 radical (unpaired) electrons. The molecule has 1 saturated heterocycles. The number of amides is 1. The van der Waals surface area contributed by atoms with E-state index in [0.29, 0.717) is 0 Å². The van der Waals surface area contributed by atoms with Gasteiger partial charge in [-0.25, -0.2) is 4.98 Å². The maximum atomic E-state index is 13.0. The number of carbonyl (C=O) groups is 1. The number of benzene rings is 2. The van der Waals surface area contributed by atoms with Crippen LogP contribution in [0.3, 0.4) is 0 Å².